The lowest BCUT2D eigenvalue weighted by molar-refractivity contribution is 0.361. The van der Waals surface area contributed by atoms with Crippen LogP contribution in [0.5, 0.6) is 0 Å². The molecule has 0 atom stereocenters. The summed E-state index contributed by atoms with van der Waals surface area (Å²) in [6, 6.07) is 0. The molecule has 0 saturated heterocycles. The Labute approximate surface area is 165 Å². The van der Waals surface area contributed by atoms with Crippen molar-refractivity contribution in [3.8, 4) is 0 Å². The van der Waals surface area contributed by atoms with Crippen LogP contribution in [0.3, 0.4) is 0 Å². The monoisotopic (exact) mass is 368 g/mol. The van der Waals surface area contributed by atoms with Gasteiger partial charge >= 0.3 is 0 Å². The minimum Gasteiger partial charge on any atom is -0.508 e. The van der Waals surface area contributed by atoms with E-state index in [1.54, 1.807) is 0 Å². The molecular weight excluding hydrogens is 332 g/mol. The average molecular weight is 369 g/mol. The summed E-state index contributed by atoms with van der Waals surface area (Å²) in [5.41, 5.74) is 6.15. The fourth-order valence-corrected chi connectivity index (χ4v) is 3.71. The molecule has 2 nitrogen and oxygen atoms in total. The van der Waals surface area contributed by atoms with Gasteiger partial charge in [0.25, 0.3) is 0 Å². The molecule has 0 fully saturated rings. The van der Waals surface area contributed by atoms with E-state index in [9.17, 15) is 10.2 Å². The van der Waals surface area contributed by atoms with E-state index < -0.39 is 0 Å². The fraction of sp³-hybridized carbons (Fsp3) is 0.520. The van der Waals surface area contributed by atoms with Gasteiger partial charge in [0, 0.05) is 0 Å². The van der Waals surface area contributed by atoms with E-state index in [4.69, 9.17) is 0 Å². The van der Waals surface area contributed by atoms with Crippen molar-refractivity contribution in [3.63, 3.8) is 0 Å². The summed E-state index contributed by atoms with van der Waals surface area (Å²) in [5, 5.41) is 22.0. The zero-order valence-corrected chi connectivity index (χ0v) is 18.3. The Bertz CT molecular complexity index is 726. The average Bonchev–Trinajstić information content (AvgIpc) is 2.56. The number of allylic oxidation sites excluding steroid dienone is 10. The highest BCUT2D eigenvalue weighted by Gasteiger charge is 2.30. The number of aliphatic hydroxyl groups excluding tert-OH is 2. The van der Waals surface area contributed by atoms with Crippen LogP contribution in [0, 0.1) is 10.8 Å². The first-order valence-corrected chi connectivity index (χ1v) is 9.96. The van der Waals surface area contributed by atoms with E-state index in [1.165, 1.54) is 11.1 Å². The van der Waals surface area contributed by atoms with E-state index >= 15 is 0 Å². The van der Waals surface area contributed by atoms with E-state index in [0.717, 1.165) is 35.1 Å². The van der Waals surface area contributed by atoms with Crippen molar-refractivity contribution in [2.45, 2.75) is 74.7 Å². The third kappa shape index (κ3) is 4.66. The molecule has 0 aromatic carbocycles. The molecule has 0 unspecified atom stereocenters. The number of aliphatic hydroxyl groups is 2. The van der Waals surface area contributed by atoms with Gasteiger partial charge in [-0.2, -0.15) is 0 Å². The second kappa shape index (κ2) is 7.58. The highest BCUT2D eigenvalue weighted by Crippen LogP contribution is 2.43. The number of hydrogen-bond acceptors (Lipinski definition) is 2. The summed E-state index contributed by atoms with van der Waals surface area (Å²) in [6.07, 6.45) is 10.5. The van der Waals surface area contributed by atoms with Gasteiger partial charge in [-0.05, 0) is 77.4 Å². The maximum Gasteiger partial charge on any atom is 0.119 e. The first-order valence-electron chi connectivity index (χ1n) is 9.96. The van der Waals surface area contributed by atoms with Gasteiger partial charge in [-0.25, -0.2) is 0 Å². The largest absolute Gasteiger partial charge is 0.508 e. The van der Waals surface area contributed by atoms with Gasteiger partial charge in [-0.3, -0.25) is 0 Å². The Balaban J connectivity index is 2.51. The van der Waals surface area contributed by atoms with Crippen LogP contribution in [0.15, 0.2) is 69.3 Å². The molecule has 2 aliphatic rings. The van der Waals surface area contributed by atoms with Crippen LogP contribution < -0.4 is 0 Å². The molecule has 148 valence electrons. The van der Waals surface area contributed by atoms with E-state index in [-0.39, 0.29) is 10.8 Å². The topological polar surface area (TPSA) is 40.5 Å². The molecule has 0 radical (unpaired) electrons. The summed E-state index contributed by atoms with van der Waals surface area (Å²) in [7, 11) is 0. The standard InChI is InChI=1S/C25H36O2/c1-9-16-11-18(22(26)20(13-16)24(3,4)5)15-19-12-17(10-2)14-21(23(19)27)25(6,7)8/h9-10,13-14,26-27H,11-12,15H2,1-8H3. The van der Waals surface area contributed by atoms with Crippen LogP contribution in [0.1, 0.15) is 74.7 Å². The van der Waals surface area contributed by atoms with Gasteiger partial charge in [0.1, 0.15) is 11.5 Å². The van der Waals surface area contributed by atoms with Crippen molar-refractivity contribution >= 4 is 0 Å². The van der Waals surface area contributed by atoms with Crippen LogP contribution in [-0.4, -0.2) is 10.2 Å². The minimum absolute atomic E-state index is 0.127. The Kier molecular flexibility index (Phi) is 5.99. The fourth-order valence-electron chi connectivity index (χ4n) is 3.71. The van der Waals surface area contributed by atoms with Crippen molar-refractivity contribution in [1.29, 1.82) is 0 Å². The van der Waals surface area contributed by atoms with E-state index in [0.29, 0.717) is 17.9 Å². The lowest BCUT2D eigenvalue weighted by Crippen LogP contribution is -2.18. The molecule has 0 aliphatic heterocycles. The molecule has 0 amide bonds. The van der Waals surface area contributed by atoms with Crippen molar-refractivity contribution in [2.75, 3.05) is 0 Å². The molecule has 2 aliphatic carbocycles. The van der Waals surface area contributed by atoms with Crippen LogP contribution in [0.4, 0.5) is 0 Å². The summed E-state index contributed by atoms with van der Waals surface area (Å²) >= 11 is 0. The molecule has 27 heavy (non-hydrogen) atoms. The summed E-state index contributed by atoms with van der Waals surface area (Å²) in [4.78, 5) is 0. The van der Waals surface area contributed by atoms with Crippen molar-refractivity contribution in [3.05, 3.63) is 69.3 Å². The van der Waals surface area contributed by atoms with Crippen LogP contribution in [0.25, 0.3) is 0 Å². The number of rotatable bonds is 2. The molecule has 0 spiro atoms. The zero-order valence-electron chi connectivity index (χ0n) is 18.3. The lowest BCUT2D eigenvalue weighted by Gasteiger charge is -2.31. The van der Waals surface area contributed by atoms with Gasteiger partial charge < -0.3 is 10.2 Å². The maximum absolute atomic E-state index is 11.0. The zero-order chi connectivity index (χ0) is 20.6. The Hall–Kier alpha value is -1.96. The first kappa shape index (κ1) is 21.3. The lowest BCUT2D eigenvalue weighted by atomic mass is 9.75. The predicted molar refractivity (Wildman–Crippen MR) is 116 cm³/mol. The highest BCUT2D eigenvalue weighted by atomic mass is 16.3. The third-order valence-electron chi connectivity index (χ3n) is 5.46. The Morgan fingerprint density at radius 3 is 1.33 bits per heavy atom. The molecule has 0 aromatic heterocycles. The molecule has 0 bridgehead atoms. The molecule has 0 aromatic rings. The third-order valence-corrected chi connectivity index (χ3v) is 5.46. The normalized spacial score (nSPS) is 22.5. The summed E-state index contributed by atoms with van der Waals surface area (Å²) in [5.74, 6) is 0.810. The molecule has 2 rings (SSSR count). The van der Waals surface area contributed by atoms with Gasteiger partial charge in [0.15, 0.2) is 0 Å². The summed E-state index contributed by atoms with van der Waals surface area (Å²) in [6.45, 7) is 16.8. The van der Waals surface area contributed by atoms with Crippen molar-refractivity contribution < 1.29 is 10.2 Å². The molecule has 0 saturated carbocycles. The first-order chi connectivity index (χ1) is 12.4. The van der Waals surface area contributed by atoms with E-state index in [1.807, 2.05) is 13.8 Å². The van der Waals surface area contributed by atoms with Gasteiger partial charge in [0.2, 0.25) is 0 Å². The molecular formula is C25H36O2. The van der Waals surface area contributed by atoms with Gasteiger partial charge in [-0.1, -0.05) is 65.8 Å². The van der Waals surface area contributed by atoms with Crippen LogP contribution >= 0.6 is 0 Å². The molecule has 0 heterocycles. The van der Waals surface area contributed by atoms with Crippen molar-refractivity contribution in [1.82, 2.24) is 0 Å². The minimum atomic E-state index is -0.127. The Morgan fingerprint density at radius 2 is 1.07 bits per heavy atom. The number of hydrogen-bond donors (Lipinski definition) is 2. The SMILES string of the molecule is CC=C1C=C(C(C)(C)C)C(O)=C(CC2=C(O)C(C(C)(C)C)=CC(=CC)C2)C1. The van der Waals surface area contributed by atoms with Gasteiger partial charge in [-0.15, -0.1) is 0 Å². The maximum atomic E-state index is 11.0. The van der Waals surface area contributed by atoms with E-state index in [2.05, 4.69) is 65.8 Å². The predicted octanol–water partition coefficient (Wildman–Crippen LogP) is 7.65. The van der Waals surface area contributed by atoms with Crippen LogP contribution in [0.2, 0.25) is 0 Å². The van der Waals surface area contributed by atoms with Crippen molar-refractivity contribution in [2.24, 2.45) is 10.8 Å². The second-order valence-electron chi connectivity index (χ2n) is 9.78. The van der Waals surface area contributed by atoms with Crippen LogP contribution in [-0.2, 0) is 0 Å². The Morgan fingerprint density at radius 1 is 0.741 bits per heavy atom. The quantitative estimate of drug-likeness (QED) is 0.525. The second-order valence-corrected chi connectivity index (χ2v) is 9.78. The molecule has 2 heteroatoms. The smallest absolute Gasteiger partial charge is 0.119 e. The summed E-state index contributed by atoms with van der Waals surface area (Å²) < 4.78 is 0. The van der Waals surface area contributed by atoms with Gasteiger partial charge in [0.05, 0.1) is 0 Å². The highest BCUT2D eigenvalue weighted by molar-refractivity contribution is 5.51. The molecule has 2 N–H and O–H groups in total.